The zero-order valence-corrected chi connectivity index (χ0v) is 44.3. The normalized spacial score (nSPS) is 14.8. The van der Waals surface area contributed by atoms with Gasteiger partial charge < -0.3 is 34.8 Å². The molecule has 69 heavy (non-hydrogen) atoms. The number of likely N-dealkylation sites (tertiary alicyclic amines) is 1. The molecular weight excluding hydrogens is 898 g/mol. The lowest BCUT2D eigenvalue weighted by Gasteiger charge is -2.32. The van der Waals surface area contributed by atoms with Gasteiger partial charge in [-0.1, -0.05) is 181 Å². The van der Waals surface area contributed by atoms with E-state index in [4.69, 9.17) is 24.5 Å². The Labute approximate surface area is 416 Å². The van der Waals surface area contributed by atoms with E-state index in [2.05, 4.69) is 45.7 Å². The summed E-state index contributed by atoms with van der Waals surface area (Å²) < 4.78 is 37.1. The average Bonchev–Trinajstić information content (AvgIpc) is 3.65. The highest BCUT2D eigenvalue weighted by molar-refractivity contribution is 7.50. The van der Waals surface area contributed by atoms with Crippen molar-refractivity contribution >= 4 is 36.7 Å². The Morgan fingerprint density at radius 3 is 1.71 bits per heavy atom. The van der Waals surface area contributed by atoms with Crippen molar-refractivity contribution in [3.8, 4) is 12.0 Å². The quantitative estimate of drug-likeness (QED) is 0.0276. The fourth-order valence-corrected chi connectivity index (χ4v) is 9.80. The van der Waals surface area contributed by atoms with Crippen LogP contribution in [0.1, 0.15) is 226 Å². The zero-order chi connectivity index (χ0) is 49.8. The molecule has 0 amide bonds. The fraction of sp³-hybridized carbons (Fsp3) is 0.865. The molecule has 0 aromatic carbocycles. The Hall–Kier alpha value is -3.04. The molecule has 2 unspecified atom stereocenters. The molecule has 3 heterocycles. The number of ether oxygens (including phenoxy) is 3. The van der Waals surface area contributed by atoms with Crippen LogP contribution in [-0.2, 0) is 34.7 Å². The standard InChI is InChI=1S/C52H96N7O9P/c1-4-7-10-12-14-16-18-20-22-24-26-28-30-32-46(60)66-42-45(68-47(61)33-31-29-27-25-23-21-19-17-15-13-11-8-5-2)43-67-69(63,64)54-36-39-58-37-34-44(35-38-58)41-59-50-48(55-52(59)62)49(53)56-51(57-50)65-40-9-6-3/h44-45H,4-43H2,1-3H3,(H,55,62)(H2,53,56,57)(H2,54,63,64). The maximum absolute atomic E-state index is 13.1. The van der Waals surface area contributed by atoms with E-state index in [0.717, 1.165) is 77.3 Å². The lowest BCUT2D eigenvalue weighted by atomic mass is 9.97. The number of nitrogens with two attached hydrogens (primary N) is 1. The van der Waals surface area contributed by atoms with Crippen LogP contribution < -0.4 is 15.6 Å². The van der Waals surface area contributed by atoms with Crippen LogP contribution in [0.5, 0.6) is 12.0 Å². The van der Waals surface area contributed by atoms with Gasteiger partial charge in [0.15, 0.2) is 23.1 Å². The van der Waals surface area contributed by atoms with Gasteiger partial charge in [-0.15, -0.1) is 0 Å². The number of anilines is 1. The van der Waals surface area contributed by atoms with Crippen LogP contribution in [0.25, 0.3) is 11.2 Å². The molecule has 1 aliphatic heterocycles. The highest BCUT2D eigenvalue weighted by Gasteiger charge is 2.27. The minimum Gasteiger partial charge on any atom is -0.480 e. The number of aromatic hydroxyl groups is 1. The second-order valence-electron chi connectivity index (χ2n) is 19.6. The Kier molecular flexibility index (Phi) is 32.9. The van der Waals surface area contributed by atoms with Gasteiger partial charge in [0.25, 0.3) is 6.01 Å². The number of piperidine rings is 1. The van der Waals surface area contributed by atoms with Gasteiger partial charge in [-0.2, -0.15) is 15.0 Å². The summed E-state index contributed by atoms with van der Waals surface area (Å²) in [6.07, 6.45) is 34.4. The Morgan fingerprint density at radius 1 is 0.696 bits per heavy atom. The molecule has 1 saturated heterocycles. The van der Waals surface area contributed by atoms with Crippen molar-refractivity contribution in [2.24, 2.45) is 5.92 Å². The summed E-state index contributed by atoms with van der Waals surface area (Å²) in [5.74, 6) is -0.417. The number of imidazole rings is 1. The van der Waals surface area contributed by atoms with E-state index >= 15 is 0 Å². The number of carbonyl (C=O) groups excluding carboxylic acids is 2. The number of nitrogens with one attached hydrogen (secondary N) is 1. The number of esters is 2. The van der Waals surface area contributed by atoms with Crippen molar-refractivity contribution in [1.82, 2.24) is 29.5 Å². The molecule has 398 valence electrons. The van der Waals surface area contributed by atoms with Crippen LogP contribution >= 0.6 is 7.75 Å². The minimum absolute atomic E-state index is 0.156. The van der Waals surface area contributed by atoms with Crippen molar-refractivity contribution in [1.29, 1.82) is 0 Å². The van der Waals surface area contributed by atoms with Gasteiger partial charge in [0, 0.05) is 32.5 Å². The number of carbonyl (C=O) groups is 2. The first kappa shape index (κ1) is 60.3. The van der Waals surface area contributed by atoms with E-state index < -0.39 is 19.8 Å². The van der Waals surface area contributed by atoms with Crippen LogP contribution in [0.4, 0.5) is 5.82 Å². The summed E-state index contributed by atoms with van der Waals surface area (Å²) >= 11 is 0. The molecule has 17 heteroatoms. The summed E-state index contributed by atoms with van der Waals surface area (Å²) in [4.78, 5) is 51.5. The van der Waals surface area contributed by atoms with Gasteiger partial charge in [-0.25, -0.2) is 9.65 Å². The van der Waals surface area contributed by atoms with Crippen molar-refractivity contribution in [2.75, 3.05) is 51.7 Å². The van der Waals surface area contributed by atoms with E-state index in [-0.39, 0.29) is 62.3 Å². The summed E-state index contributed by atoms with van der Waals surface area (Å²) in [5, 5.41) is 13.3. The summed E-state index contributed by atoms with van der Waals surface area (Å²) in [6, 6.07) is -0.00490. The lowest BCUT2D eigenvalue weighted by Crippen LogP contribution is -2.38. The third kappa shape index (κ3) is 28.0. The van der Waals surface area contributed by atoms with Crippen molar-refractivity contribution < 1.29 is 42.9 Å². The summed E-state index contributed by atoms with van der Waals surface area (Å²) in [7, 11) is -4.28. The maximum atomic E-state index is 13.1. The largest absolute Gasteiger partial charge is 0.480 e. The van der Waals surface area contributed by atoms with Crippen LogP contribution in [0.2, 0.25) is 0 Å². The third-order valence-corrected chi connectivity index (χ3v) is 14.5. The number of fused-ring (bicyclic) bond motifs is 1. The predicted molar refractivity (Wildman–Crippen MR) is 276 cm³/mol. The van der Waals surface area contributed by atoms with Crippen molar-refractivity contribution in [2.45, 2.75) is 239 Å². The maximum Gasteiger partial charge on any atom is 0.403 e. The second-order valence-corrected chi connectivity index (χ2v) is 21.2. The SMILES string of the molecule is CCCCCCCCCCCCCCCC(=O)OCC(COP(=O)(O)NCCN1CCC(Cn2c(O)nc3c(N)nc(OCCCC)nc32)CC1)OC(=O)CCCCCCCCCCCCCCC. The number of rotatable bonds is 44. The first-order valence-electron chi connectivity index (χ1n) is 27.7. The molecule has 0 bridgehead atoms. The Bertz CT molecular complexity index is 1690. The van der Waals surface area contributed by atoms with Gasteiger partial charge in [0.1, 0.15) is 6.61 Å². The molecule has 0 aliphatic carbocycles. The third-order valence-electron chi connectivity index (χ3n) is 13.3. The Morgan fingerprint density at radius 2 is 1.19 bits per heavy atom. The predicted octanol–water partition coefficient (Wildman–Crippen LogP) is 12.1. The molecular formula is C52H96N7O9P. The molecule has 0 saturated carbocycles. The van der Waals surface area contributed by atoms with Crippen LogP contribution in [-0.4, -0.2) is 98.5 Å². The smallest absolute Gasteiger partial charge is 0.403 e. The van der Waals surface area contributed by atoms with Gasteiger partial charge in [0.2, 0.25) is 0 Å². The number of nitrogens with zero attached hydrogens (tertiary/aromatic N) is 5. The summed E-state index contributed by atoms with van der Waals surface area (Å²) in [5.41, 5.74) is 6.91. The van der Waals surface area contributed by atoms with Gasteiger partial charge in [0.05, 0.1) is 13.2 Å². The van der Waals surface area contributed by atoms with Crippen LogP contribution in [0.15, 0.2) is 0 Å². The molecule has 2 aromatic heterocycles. The first-order valence-corrected chi connectivity index (χ1v) is 29.3. The monoisotopic (exact) mass is 994 g/mol. The molecule has 0 radical (unpaired) electrons. The number of nitrogen functional groups attached to an aromatic ring is 1. The highest BCUT2D eigenvalue weighted by atomic mass is 31.2. The van der Waals surface area contributed by atoms with E-state index in [1.165, 1.54) is 122 Å². The Balaban J connectivity index is 1.38. The van der Waals surface area contributed by atoms with E-state index in [0.29, 0.717) is 37.3 Å². The lowest BCUT2D eigenvalue weighted by molar-refractivity contribution is -0.161. The van der Waals surface area contributed by atoms with Crippen molar-refractivity contribution in [3.63, 3.8) is 0 Å². The van der Waals surface area contributed by atoms with Gasteiger partial charge >= 0.3 is 25.7 Å². The van der Waals surface area contributed by atoms with E-state index in [9.17, 15) is 24.2 Å². The number of hydrogen-bond acceptors (Lipinski definition) is 13. The molecule has 2 atom stereocenters. The molecule has 16 nitrogen and oxygen atoms in total. The molecule has 3 rings (SSSR count). The van der Waals surface area contributed by atoms with Gasteiger partial charge in [-0.05, 0) is 51.1 Å². The zero-order valence-electron chi connectivity index (χ0n) is 43.5. The fourth-order valence-electron chi connectivity index (χ4n) is 8.95. The molecule has 5 N–H and O–H groups in total. The van der Waals surface area contributed by atoms with Gasteiger partial charge in [-0.3, -0.25) is 18.7 Å². The van der Waals surface area contributed by atoms with E-state index in [1.807, 2.05) is 0 Å². The highest BCUT2D eigenvalue weighted by Crippen LogP contribution is 2.37. The number of unbranched alkanes of at least 4 members (excludes halogenated alkanes) is 25. The molecule has 0 spiro atoms. The number of aromatic nitrogens is 4. The molecule has 1 aliphatic rings. The second kappa shape index (κ2) is 37.7. The van der Waals surface area contributed by atoms with Crippen LogP contribution in [0.3, 0.4) is 0 Å². The first-order chi connectivity index (χ1) is 33.5. The number of hydrogen-bond donors (Lipinski definition) is 4. The van der Waals surface area contributed by atoms with Crippen LogP contribution in [0, 0.1) is 5.92 Å². The van der Waals surface area contributed by atoms with E-state index in [1.54, 1.807) is 4.57 Å². The average molecular weight is 994 g/mol. The van der Waals surface area contributed by atoms with Crippen molar-refractivity contribution in [3.05, 3.63) is 0 Å². The molecule has 1 fully saturated rings. The summed E-state index contributed by atoms with van der Waals surface area (Å²) in [6.45, 7) is 9.12. The molecule has 2 aromatic rings. The topological polar surface area (TPSA) is 213 Å². The minimum atomic E-state index is -4.28.